The summed E-state index contributed by atoms with van der Waals surface area (Å²) in [5, 5.41) is 8.68. The molecular formula is C21H32N4O3S. The minimum Gasteiger partial charge on any atom is -0.343 e. The van der Waals surface area contributed by atoms with Gasteiger partial charge in [-0.1, -0.05) is 26.0 Å². The van der Waals surface area contributed by atoms with E-state index in [9.17, 15) is 13.2 Å². The third-order valence-electron chi connectivity index (χ3n) is 5.81. The summed E-state index contributed by atoms with van der Waals surface area (Å²) in [7, 11) is -1.84. The highest BCUT2D eigenvalue weighted by atomic mass is 32.2. The van der Waals surface area contributed by atoms with Crippen molar-refractivity contribution in [3.05, 3.63) is 29.8 Å². The molecule has 0 bridgehead atoms. The minimum absolute atomic E-state index is 0.0443. The maximum absolute atomic E-state index is 13.0. The van der Waals surface area contributed by atoms with Gasteiger partial charge in [-0.15, -0.1) is 0 Å². The molecule has 2 atom stereocenters. The first-order chi connectivity index (χ1) is 13.7. The zero-order valence-electron chi connectivity index (χ0n) is 17.8. The standard InChI is InChI=1S/C21H32N4O3S/c1-5-17(2)19-7-9-20(10-8-19)29(27,28)25-15-13-24(14-16-25)18(3)21(26)23(4)12-6-11-22/h7-10,17-18H,5-6,12-16H2,1-4H3. The number of benzene rings is 1. The van der Waals surface area contributed by atoms with Crippen molar-refractivity contribution < 1.29 is 13.2 Å². The van der Waals surface area contributed by atoms with E-state index in [1.807, 2.05) is 30.0 Å². The Hall–Kier alpha value is -1.95. The van der Waals surface area contributed by atoms with Crippen molar-refractivity contribution in [2.45, 2.75) is 50.5 Å². The molecule has 1 aliphatic heterocycles. The largest absolute Gasteiger partial charge is 0.343 e. The maximum Gasteiger partial charge on any atom is 0.243 e. The van der Waals surface area contributed by atoms with Crippen LogP contribution in [0.3, 0.4) is 0 Å². The molecule has 0 N–H and O–H groups in total. The summed E-state index contributed by atoms with van der Waals surface area (Å²) in [4.78, 5) is 16.4. The van der Waals surface area contributed by atoms with Gasteiger partial charge in [0, 0.05) is 39.8 Å². The second kappa shape index (κ2) is 10.2. The zero-order chi connectivity index (χ0) is 21.6. The molecule has 160 valence electrons. The molecule has 1 aromatic carbocycles. The van der Waals surface area contributed by atoms with Crippen LogP contribution in [0, 0.1) is 11.3 Å². The predicted octanol–water partition coefficient (Wildman–Crippen LogP) is 2.27. The van der Waals surface area contributed by atoms with Crippen LogP contribution in [0.1, 0.15) is 45.1 Å². The first-order valence-electron chi connectivity index (χ1n) is 10.2. The summed E-state index contributed by atoms with van der Waals surface area (Å²) >= 11 is 0. The van der Waals surface area contributed by atoms with Gasteiger partial charge >= 0.3 is 0 Å². The highest BCUT2D eigenvalue weighted by Gasteiger charge is 2.32. The van der Waals surface area contributed by atoms with Crippen molar-refractivity contribution in [1.29, 1.82) is 5.26 Å². The molecule has 0 spiro atoms. The lowest BCUT2D eigenvalue weighted by Gasteiger charge is -2.37. The minimum atomic E-state index is -3.53. The summed E-state index contributed by atoms with van der Waals surface area (Å²) in [5.74, 6) is 0.359. The molecule has 2 unspecified atom stereocenters. The Bertz CT molecular complexity index is 824. The quantitative estimate of drug-likeness (QED) is 0.644. The average Bonchev–Trinajstić information content (AvgIpc) is 2.75. The molecule has 29 heavy (non-hydrogen) atoms. The highest BCUT2D eigenvalue weighted by molar-refractivity contribution is 7.89. The normalized spacial score (nSPS) is 18.0. The van der Waals surface area contributed by atoms with Crippen molar-refractivity contribution in [1.82, 2.24) is 14.1 Å². The molecule has 8 heteroatoms. The van der Waals surface area contributed by atoms with Crippen LogP contribution in [0.4, 0.5) is 0 Å². The van der Waals surface area contributed by atoms with Crippen LogP contribution in [0.15, 0.2) is 29.2 Å². The van der Waals surface area contributed by atoms with Crippen LogP contribution >= 0.6 is 0 Å². The number of nitrogens with zero attached hydrogens (tertiary/aromatic N) is 4. The summed E-state index contributed by atoms with van der Waals surface area (Å²) in [6, 6.07) is 8.89. The fraction of sp³-hybridized carbons (Fsp3) is 0.619. The lowest BCUT2D eigenvalue weighted by molar-refractivity contribution is -0.135. The van der Waals surface area contributed by atoms with Crippen LogP contribution in [-0.2, 0) is 14.8 Å². The summed E-state index contributed by atoms with van der Waals surface area (Å²) in [6.45, 7) is 8.20. The number of amides is 1. The SMILES string of the molecule is CCC(C)c1ccc(S(=O)(=O)N2CCN(C(C)C(=O)N(C)CCC#N)CC2)cc1. The van der Waals surface area contributed by atoms with Gasteiger partial charge in [0.1, 0.15) is 0 Å². The van der Waals surface area contributed by atoms with Crippen LogP contribution in [-0.4, -0.2) is 74.2 Å². The maximum atomic E-state index is 13.0. The molecule has 0 aliphatic carbocycles. The van der Waals surface area contributed by atoms with Gasteiger partial charge in [-0.25, -0.2) is 8.42 Å². The average molecular weight is 421 g/mol. The molecule has 0 aromatic heterocycles. The van der Waals surface area contributed by atoms with Crippen LogP contribution in [0.5, 0.6) is 0 Å². The Labute approximate surface area is 174 Å². The number of sulfonamides is 1. The number of carbonyl (C=O) groups is 1. The van der Waals surface area contributed by atoms with Gasteiger partial charge in [0.25, 0.3) is 0 Å². The van der Waals surface area contributed by atoms with E-state index in [4.69, 9.17) is 5.26 Å². The molecule has 0 saturated carbocycles. The van der Waals surface area contributed by atoms with Crippen molar-refractivity contribution >= 4 is 15.9 Å². The summed E-state index contributed by atoms with van der Waals surface area (Å²) in [6.07, 6.45) is 1.31. The topological polar surface area (TPSA) is 84.7 Å². The zero-order valence-corrected chi connectivity index (χ0v) is 18.7. The summed E-state index contributed by atoms with van der Waals surface area (Å²) in [5.41, 5.74) is 1.14. The smallest absolute Gasteiger partial charge is 0.243 e. The van der Waals surface area contributed by atoms with Gasteiger partial charge in [-0.05, 0) is 37.0 Å². The molecule has 7 nitrogen and oxygen atoms in total. The van der Waals surface area contributed by atoms with Crippen LogP contribution in [0.2, 0.25) is 0 Å². The van der Waals surface area contributed by atoms with Crippen molar-refractivity contribution in [3.8, 4) is 6.07 Å². The fourth-order valence-electron chi connectivity index (χ4n) is 3.49. The predicted molar refractivity (Wildman–Crippen MR) is 113 cm³/mol. The Morgan fingerprint density at radius 3 is 2.28 bits per heavy atom. The van der Waals surface area contributed by atoms with Gasteiger partial charge < -0.3 is 4.90 Å². The Morgan fingerprint density at radius 2 is 1.76 bits per heavy atom. The Morgan fingerprint density at radius 1 is 1.17 bits per heavy atom. The number of piperazine rings is 1. The van der Waals surface area contributed by atoms with E-state index in [0.717, 1.165) is 12.0 Å². The first-order valence-corrected chi connectivity index (χ1v) is 11.6. The van der Waals surface area contributed by atoms with E-state index in [1.54, 1.807) is 24.1 Å². The van der Waals surface area contributed by atoms with E-state index < -0.39 is 10.0 Å². The third-order valence-corrected chi connectivity index (χ3v) is 7.73. The number of likely N-dealkylation sites (N-methyl/N-ethyl adjacent to an activating group) is 1. The van der Waals surface area contributed by atoms with Crippen molar-refractivity contribution in [2.75, 3.05) is 39.8 Å². The molecule has 1 aromatic rings. The second-order valence-corrected chi connectivity index (χ2v) is 9.60. The Balaban J connectivity index is 1.99. The third kappa shape index (κ3) is 5.56. The number of hydrogen-bond acceptors (Lipinski definition) is 5. The summed E-state index contributed by atoms with van der Waals surface area (Å²) < 4.78 is 27.5. The molecule has 1 fully saturated rings. The second-order valence-electron chi connectivity index (χ2n) is 7.66. The molecule has 0 radical (unpaired) electrons. The fourth-order valence-corrected chi connectivity index (χ4v) is 4.91. The molecule has 1 saturated heterocycles. The van der Waals surface area contributed by atoms with E-state index in [0.29, 0.717) is 50.0 Å². The monoisotopic (exact) mass is 420 g/mol. The number of rotatable bonds is 8. The van der Waals surface area contributed by atoms with Gasteiger partial charge in [-0.3, -0.25) is 9.69 Å². The molecule has 1 amide bonds. The van der Waals surface area contributed by atoms with Gasteiger partial charge in [0.15, 0.2) is 0 Å². The first kappa shape index (κ1) is 23.3. The van der Waals surface area contributed by atoms with Crippen LogP contribution in [0.25, 0.3) is 0 Å². The van der Waals surface area contributed by atoms with Crippen molar-refractivity contribution in [2.24, 2.45) is 0 Å². The van der Waals surface area contributed by atoms with E-state index >= 15 is 0 Å². The molecular weight excluding hydrogens is 388 g/mol. The van der Waals surface area contributed by atoms with Gasteiger partial charge in [0.05, 0.1) is 23.4 Å². The number of carbonyl (C=O) groups excluding carboxylic acids is 1. The lowest BCUT2D eigenvalue weighted by Crippen LogP contribution is -2.55. The number of nitriles is 1. The molecule has 2 rings (SSSR count). The van der Waals surface area contributed by atoms with Gasteiger partial charge in [0.2, 0.25) is 15.9 Å². The van der Waals surface area contributed by atoms with E-state index in [-0.39, 0.29) is 11.9 Å². The van der Waals surface area contributed by atoms with Crippen LogP contribution < -0.4 is 0 Å². The van der Waals surface area contributed by atoms with Crippen molar-refractivity contribution in [3.63, 3.8) is 0 Å². The number of hydrogen-bond donors (Lipinski definition) is 0. The molecule has 1 aliphatic rings. The van der Waals surface area contributed by atoms with E-state index in [2.05, 4.69) is 13.8 Å². The van der Waals surface area contributed by atoms with Gasteiger partial charge in [-0.2, -0.15) is 9.57 Å². The van der Waals surface area contributed by atoms with E-state index in [1.165, 1.54) is 4.31 Å². The molecule has 1 heterocycles. The highest BCUT2D eigenvalue weighted by Crippen LogP contribution is 2.23. The Kier molecular flexibility index (Phi) is 8.20. The lowest BCUT2D eigenvalue weighted by atomic mass is 9.99.